The van der Waals surface area contributed by atoms with E-state index in [1.807, 2.05) is 12.1 Å². The number of halogens is 3. The summed E-state index contributed by atoms with van der Waals surface area (Å²) in [6.07, 6.45) is 5.75. The summed E-state index contributed by atoms with van der Waals surface area (Å²) in [6, 6.07) is 5.86. The Balaban J connectivity index is 2.05. The zero-order valence-corrected chi connectivity index (χ0v) is 11.3. The average molecular weight is 278 g/mol. The maximum Gasteiger partial charge on any atom is 0.0624 e. The van der Waals surface area contributed by atoms with Crippen molar-refractivity contribution in [2.45, 2.75) is 37.5 Å². The topological polar surface area (TPSA) is 0 Å². The van der Waals surface area contributed by atoms with E-state index in [-0.39, 0.29) is 0 Å². The van der Waals surface area contributed by atoms with Crippen molar-refractivity contribution in [2.75, 3.05) is 0 Å². The average Bonchev–Trinajstić information content (AvgIpc) is 2.25. The first-order valence-corrected chi connectivity index (χ1v) is 6.93. The second-order valence-electron chi connectivity index (χ2n) is 4.55. The highest BCUT2D eigenvalue weighted by molar-refractivity contribution is 6.42. The standard InChI is InChI=1S/C13H15Cl3/c14-11-5-1-3-9(8-11)7-10-4-2-6-12(15)13(10)16/h2,4,6,9,11H,1,3,5,7-8H2. The van der Waals surface area contributed by atoms with Crippen LogP contribution < -0.4 is 0 Å². The van der Waals surface area contributed by atoms with Crippen molar-refractivity contribution in [1.82, 2.24) is 0 Å². The highest BCUT2D eigenvalue weighted by Crippen LogP contribution is 2.33. The van der Waals surface area contributed by atoms with Gasteiger partial charge in [0, 0.05) is 5.38 Å². The Morgan fingerprint density at radius 2 is 2.00 bits per heavy atom. The molecule has 0 heterocycles. The molecule has 16 heavy (non-hydrogen) atoms. The first kappa shape index (κ1) is 12.5. The van der Waals surface area contributed by atoms with Gasteiger partial charge in [-0.05, 0) is 36.8 Å². The Labute approximate surface area is 112 Å². The van der Waals surface area contributed by atoms with Crippen molar-refractivity contribution >= 4 is 34.8 Å². The van der Waals surface area contributed by atoms with Crippen molar-refractivity contribution in [1.29, 1.82) is 0 Å². The lowest BCUT2D eigenvalue weighted by atomic mass is 9.84. The molecule has 0 bridgehead atoms. The number of hydrogen-bond donors (Lipinski definition) is 0. The van der Waals surface area contributed by atoms with Gasteiger partial charge in [0.1, 0.15) is 0 Å². The maximum atomic E-state index is 6.19. The van der Waals surface area contributed by atoms with E-state index in [9.17, 15) is 0 Å². The van der Waals surface area contributed by atoms with Gasteiger partial charge in [0.05, 0.1) is 10.0 Å². The van der Waals surface area contributed by atoms with Crippen LogP contribution in [0.3, 0.4) is 0 Å². The van der Waals surface area contributed by atoms with Gasteiger partial charge in [-0.3, -0.25) is 0 Å². The first-order valence-electron chi connectivity index (χ1n) is 5.73. The van der Waals surface area contributed by atoms with Crippen LogP contribution in [0.2, 0.25) is 10.0 Å². The molecule has 1 saturated carbocycles. The predicted octanol–water partition coefficient (Wildman–Crippen LogP) is 5.33. The molecule has 1 aromatic rings. The van der Waals surface area contributed by atoms with Gasteiger partial charge in [0.2, 0.25) is 0 Å². The molecular weight excluding hydrogens is 263 g/mol. The van der Waals surface area contributed by atoms with Crippen LogP contribution in [-0.4, -0.2) is 5.38 Å². The second kappa shape index (κ2) is 5.62. The van der Waals surface area contributed by atoms with Gasteiger partial charge < -0.3 is 0 Å². The quantitative estimate of drug-likeness (QED) is 0.641. The minimum absolute atomic E-state index is 0.344. The molecule has 2 atom stereocenters. The van der Waals surface area contributed by atoms with E-state index >= 15 is 0 Å². The smallest absolute Gasteiger partial charge is 0.0624 e. The SMILES string of the molecule is Clc1cccc(CC2CCCC(Cl)C2)c1Cl. The van der Waals surface area contributed by atoms with E-state index in [0.717, 1.165) is 24.8 Å². The largest absolute Gasteiger partial charge is 0.123 e. The Morgan fingerprint density at radius 1 is 1.19 bits per heavy atom. The van der Waals surface area contributed by atoms with E-state index < -0.39 is 0 Å². The summed E-state index contributed by atoms with van der Waals surface area (Å²) in [7, 11) is 0. The van der Waals surface area contributed by atoms with Crippen molar-refractivity contribution in [3.8, 4) is 0 Å². The van der Waals surface area contributed by atoms with Gasteiger partial charge in [-0.15, -0.1) is 11.6 Å². The van der Waals surface area contributed by atoms with Crippen LogP contribution >= 0.6 is 34.8 Å². The molecule has 0 amide bonds. The third-order valence-electron chi connectivity index (χ3n) is 3.26. The summed E-state index contributed by atoms with van der Waals surface area (Å²) >= 11 is 18.4. The number of rotatable bonds is 2. The summed E-state index contributed by atoms with van der Waals surface area (Å²) < 4.78 is 0. The van der Waals surface area contributed by atoms with Crippen LogP contribution in [0.25, 0.3) is 0 Å². The molecule has 0 saturated heterocycles. The number of benzene rings is 1. The van der Waals surface area contributed by atoms with Crippen molar-refractivity contribution < 1.29 is 0 Å². The maximum absolute atomic E-state index is 6.19. The fourth-order valence-corrected chi connectivity index (χ4v) is 3.23. The van der Waals surface area contributed by atoms with Crippen LogP contribution in [0.4, 0.5) is 0 Å². The monoisotopic (exact) mass is 276 g/mol. The molecule has 0 aromatic heterocycles. The highest BCUT2D eigenvalue weighted by atomic mass is 35.5. The molecule has 1 aliphatic rings. The van der Waals surface area contributed by atoms with Crippen LogP contribution in [0.15, 0.2) is 18.2 Å². The minimum atomic E-state index is 0.344. The zero-order chi connectivity index (χ0) is 11.5. The Hall–Kier alpha value is 0.0900. The molecule has 0 nitrogen and oxygen atoms in total. The second-order valence-corrected chi connectivity index (χ2v) is 5.95. The van der Waals surface area contributed by atoms with E-state index in [1.165, 1.54) is 12.8 Å². The highest BCUT2D eigenvalue weighted by Gasteiger charge is 2.21. The molecule has 0 spiro atoms. The van der Waals surface area contributed by atoms with Crippen LogP contribution in [0.1, 0.15) is 31.2 Å². The molecule has 0 N–H and O–H groups in total. The molecule has 2 unspecified atom stereocenters. The zero-order valence-electron chi connectivity index (χ0n) is 9.06. The lowest BCUT2D eigenvalue weighted by Crippen LogP contribution is -2.17. The summed E-state index contributed by atoms with van der Waals surface area (Å²) in [5.74, 6) is 0.659. The van der Waals surface area contributed by atoms with Gasteiger partial charge in [0.25, 0.3) is 0 Å². The van der Waals surface area contributed by atoms with Crippen LogP contribution in [0, 0.1) is 5.92 Å². The van der Waals surface area contributed by atoms with Gasteiger partial charge in [-0.25, -0.2) is 0 Å². The molecule has 0 radical (unpaired) electrons. The third-order valence-corrected chi connectivity index (χ3v) is 4.51. The third kappa shape index (κ3) is 3.06. The van der Waals surface area contributed by atoms with Crippen molar-refractivity contribution in [2.24, 2.45) is 5.92 Å². The fourth-order valence-electron chi connectivity index (χ4n) is 2.43. The first-order chi connectivity index (χ1) is 7.66. The molecule has 1 fully saturated rings. The van der Waals surface area contributed by atoms with E-state index in [1.54, 1.807) is 0 Å². The predicted molar refractivity (Wildman–Crippen MR) is 71.8 cm³/mol. The minimum Gasteiger partial charge on any atom is -0.123 e. The summed E-state index contributed by atoms with van der Waals surface area (Å²) in [5.41, 5.74) is 1.16. The van der Waals surface area contributed by atoms with Gasteiger partial charge in [-0.1, -0.05) is 48.2 Å². The van der Waals surface area contributed by atoms with Crippen molar-refractivity contribution in [3.05, 3.63) is 33.8 Å². The molecule has 3 heteroatoms. The van der Waals surface area contributed by atoms with Crippen LogP contribution in [0.5, 0.6) is 0 Å². The van der Waals surface area contributed by atoms with E-state index in [4.69, 9.17) is 34.8 Å². The van der Waals surface area contributed by atoms with Gasteiger partial charge in [-0.2, -0.15) is 0 Å². The van der Waals surface area contributed by atoms with Crippen molar-refractivity contribution in [3.63, 3.8) is 0 Å². The molecule has 1 aliphatic carbocycles. The molecule has 88 valence electrons. The molecule has 1 aromatic carbocycles. The molecule has 2 rings (SSSR count). The van der Waals surface area contributed by atoms with E-state index in [2.05, 4.69) is 6.07 Å². The van der Waals surface area contributed by atoms with Gasteiger partial charge >= 0.3 is 0 Å². The fraction of sp³-hybridized carbons (Fsp3) is 0.538. The summed E-state index contributed by atoms with van der Waals surface area (Å²) in [6.45, 7) is 0. The Kier molecular flexibility index (Phi) is 4.41. The summed E-state index contributed by atoms with van der Waals surface area (Å²) in [4.78, 5) is 0. The molecule has 0 aliphatic heterocycles. The Morgan fingerprint density at radius 3 is 2.75 bits per heavy atom. The van der Waals surface area contributed by atoms with E-state index in [0.29, 0.717) is 21.3 Å². The Bertz CT molecular complexity index is 362. The lowest BCUT2D eigenvalue weighted by molar-refractivity contribution is 0.361. The normalized spacial score (nSPS) is 25.7. The lowest BCUT2D eigenvalue weighted by Gasteiger charge is -2.25. The summed E-state index contributed by atoms with van der Waals surface area (Å²) in [5, 5.41) is 1.70. The van der Waals surface area contributed by atoms with Crippen LogP contribution in [-0.2, 0) is 6.42 Å². The number of alkyl halides is 1. The molecular formula is C13H15Cl3. The number of hydrogen-bond acceptors (Lipinski definition) is 0. The van der Waals surface area contributed by atoms with Gasteiger partial charge in [0.15, 0.2) is 0 Å².